The van der Waals surface area contributed by atoms with Crippen molar-refractivity contribution < 1.29 is 0 Å². The Balaban J connectivity index is 0.000000810. The van der Waals surface area contributed by atoms with Gasteiger partial charge in [0.05, 0.1) is 12.1 Å². The third kappa shape index (κ3) is 2.17. The molecule has 10 heavy (non-hydrogen) atoms. The lowest BCUT2D eigenvalue weighted by Gasteiger charge is -2.16. The first kappa shape index (κ1) is 9.74. The molecular weight excluding hydrogens is 148 g/mol. The molecule has 1 rings (SSSR count). The smallest absolute Gasteiger partial charge is 0.0957 e. The van der Waals surface area contributed by atoms with Crippen molar-refractivity contribution in [3.8, 4) is 6.07 Å². The van der Waals surface area contributed by atoms with Gasteiger partial charge in [0, 0.05) is 5.54 Å². The molecule has 1 atom stereocenters. The molecule has 0 bridgehead atoms. The molecule has 0 radical (unpaired) electrons. The molecule has 58 valence electrons. The summed E-state index contributed by atoms with van der Waals surface area (Å²) in [5.41, 5.74) is 0.195. The largest absolute Gasteiger partial charge is 0.297 e. The van der Waals surface area contributed by atoms with Gasteiger partial charge in [-0.05, 0) is 26.7 Å². The van der Waals surface area contributed by atoms with Crippen LogP contribution in [0.2, 0.25) is 0 Å². The fourth-order valence-corrected chi connectivity index (χ4v) is 1.22. The minimum absolute atomic E-state index is 0. The second kappa shape index (κ2) is 3.23. The van der Waals surface area contributed by atoms with Crippen LogP contribution in [0.1, 0.15) is 26.7 Å². The fraction of sp³-hybridized carbons (Fsp3) is 0.857. The highest BCUT2D eigenvalue weighted by molar-refractivity contribution is 5.85. The van der Waals surface area contributed by atoms with Crippen molar-refractivity contribution in [2.24, 2.45) is 0 Å². The summed E-state index contributed by atoms with van der Waals surface area (Å²) in [6, 6.07) is 2.31. The summed E-state index contributed by atoms with van der Waals surface area (Å²) in [4.78, 5) is 0. The zero-order chi connectivity index (χ0) is 6.91. The van der Waals surface area contributed by atoms with Crippen LogP contribution < -0.4 is 5.32 Å². The Hall–Kier alpha value is -0.260. The maximum atomic E-state index is 8.49. The SMILES string of the molecule is CC1(C)CCC(C#N)N1.Cl. The quantitative estimate of drug-likeness (QED) is 0.583. The maximum absolute atomic E-state index is 8.49. The zero-order valence-corrected chi connectivity index (χ0v) is 7.16. The molecule has 1 N–H and O–H groups in total. The fourth-order valence-electron chi connectivity index (χ4n) is 1.22. The first-order valence-electron chi connectivity index (χ1n) is 3.31. The van der Waals surface area contributed by atoms with Crippen LogP contribution in [0, 0.1) is 11.3 Å². The summed E-state index contributed by atoms with van der Waals surface area (Å²) in [5, 5.41) is 11.7. The Bertz CT molecular complexity index is 148. The lowest BCUT2D eigenvalue weighted by Crippen LogP contribution is -2.36. The standard InChI is InChI=1S/C7H12N2.ClH/c1-7(2)4-3-6(5-8)9-7;/h6,9H,3-4H2,1-2H3;1H. The summed E-state index contributed by atoms with van der Waals surface area (Å²) in [6.07, 6.45) is 2.12. The van der Waals surface area contributed by atoms with Crippen molar-refractivity contribution >= 4 is 12.4 Å². The van der Waals surface area contributed by atoms with Gasteiger partial charge in [0.1, 0.15) is 0 Å². The number of nitrogens with zero attached hydrogens (tertiary/aromatic N) is 1. The van der Waals surface area contributed by atoms with E-state index in [2.05, 4.69) is 25.2 Å². The molecule has 0 aliphatic carbocycles. The minimum Gasteiger partial charge on any atom is -0.297 e. The molecule has 1 aliphatic heterocycles. The second-order valence-electron chi connectivity index (χ2n) is 3.25. The van der Waals surface area contributed by atoms with Gasteiger partial charge in [0.2, 0.25) is 0 Å². The predicted molar refractivity (Wildman–Crippen MR) is 43.1 cm³/mol. The van der Waals surface area contributed by atoms with E-state index in [0.29, 0.717) is 0 Å². The number of hydrogen-bond acceptors (Lipinski definition) is 2. The molecule has 1 saturated heterocycles. The van der Waals surface area contributed by atoms with E-state index < -0.39 is 0 Å². The van der Waals surface area contributed by atoms with Crippen LogP contribution in [-0.4, -0.2) is 11.6 Å². The van der Waals surface area contributed by atoms with Crippen LogP contribution in [0.15, 0.2) is 0 Å². The molecule has 1 heterocycles. The van der Waals surface area contributed by atoms with Gasteiger partial charge in [0.15, 0.2) is 0 Å². The van der Waals surface area contributed by atoms with Crippen molar-refractivity contribution in [3.05, 3.63) is 0 Å². The molecule has 0 aromatic carbocycles. The number of nitriles is 1. The van der Waals surface area contributed by atoms with E-state index in [1.807, 2.05) is 0 Å². The Morgan fingerprint density at radius 3 is 2.40 bits per heavy atom. The van der Waals surface area contributed by atoms with Gasteiger partial charge in [0.25, 0.3) is 0 Å². The highest BCUT2D eigenvalue weighted by atomic mass is 35.5. The van der Waals surface area contributed by atoms with E-state index in [1.165, 1.54) is 0 Å². The molecule has 3 heteroatoms. The highest BCUT2D eigenvalue weighted by Gasteiger charge is 2.29. The summed E-state index contributed by atoms with van der Waals surface area (Å²) in [6.45, 7) is 4.26. The van der Waals surface area contributed by atoms with Crippen molar-refractivity contribution in [3.63, 3.8) is 0 Å². The molecule has 1 aliphatic rings. The minimum atomic E-state index is 0. The van der Waals surface area contributed by atoms with Crippen molar-refractivity contribution in [2.45, 2.75) is 38.3 Å². The predicted octanol–water partition coefficient (Wildman–Crippen LogP) is 1.46. The lowest BCUT2D eigenvalue weighted by molar-refractivity contribution is 0.448. The van der Waals surface area contributed by atoms with Crippen LogP contribution in [-0.2, 0) is 0 Å². The molecule has 0 spiro atoms. The molecule has 0 aromatic rings. The third-order valence-electron chi connectivity index (χ3n) is 1.78. The van der Waals surface area contributed by atoms with Crippen molar-refractivity contribution in [2.75, 3.05) is 0 Å². The van der Waals surface area contributed by atoms with E-state index in [0.717, 1.165) is 12.8 Å². The second-order valence-corrected chi connectivity index (χ2v) is 3.25. The molecule has 1 unspecified atom stereocenters. The number of rotatable bonds is 0. The van der Waals surface area contributed by atoms with E-state index in [1.54, 1.807) is 0 Å². The first-order chi connectivity index (χ1) is 4.14. The van der Waals surface area contributed by atoms with Crippen LogP contribution >= 0.6 is 12.4 Å². The zero-order valence-electron chi connectivity index (χ0n) is 6.35. The molecule has 1 fully saturated rings. The van der Waals surface area contributed by atoms with Gasteiger partial charge in [-0.15, -0.1) is 12.4 Å². The van der Waals surface area contributed by atoms with Gasteiger partial charge in [-0.2, -0.15) is 5.26 Å². The first-order valence-corrected chi connectivity index (χ1v) is 3.31. The van der Waals surface area contributed by atoms with E-state index in [-0.39, 0.29) is 24.0 Å². The third-order valence-corrected chi connectivity index (χ3v) is 1.78. The van der Waals surface area contributed by atoms with Crippen LogP contribution in [0.5, 0.6) is 0 Å². The van der Waals surface area contributed by atoms with Gasteiger partial charge < -0.3 is 0 Å². The van der Waals surface area contributed by atoms with E-state index in [9.17, 15) is 0 Å². The number of nitrogens with one attached hydrogen (secondary N) is 1. The summed E-state index contributed by atoms with van der Waals surface area (Å²) in [7, 11) is 0. The highest BCUT2D eigenvalue weighted by Crippen LogP contribution is 2.21. The molecule has 0 saturated carbocycles. The Morgan fingerprint density at radius 1 is 1.60 bits per heavy atom. The topological polar surface area (TPSA) is 35.8 Å². The van der Waals surface area contributed by atoms with E-state index >= 15 is 0 Å². The average Bonchev–Trinajstić information content (AvgIpc) is 2.10. The summed E-state index contributed by atoms with van der Waals surface area (Å²) >= 11 is 0. The number of halogens is 1. The molecule has 0 amide bonds. The Labute approximate surface area is 68.0 Å². The summed E-state index contributed by atoms with van der Waals surface area (Å²) in [5.74, 6) is 0. The van der Waals surface area contributed by atoms with Crippen LogP contribution in [0.4, 0.5) is 0 Å². The lowest BCUT2D eigenvalue weighted by atomic mass is 10.0. The monoisotopic (exact) mass is 160 g/mol. The molecule has 2 nitrogen and oxygen atoms in total. The van der Waals surface area contributed by atoms with Crippen molar-refractivity contribution in [1.29, 1.82) is 5.26 Å². The Morgan fingerprint density at radius 2 is 2.20 bits per heavy atom. The molecule has 0 aromatic heterocycles. The van der Waals surface area contributed by atoms with Gasteiger partial charge in [-0.25, -0.2) is 0 Å². The molecular formula is C7H13ClN2. The Kier molecular flexibility index (Phi) is 3.14. The number of hydrogen-bond donors (Lipinski definition) is 1. The van der Waals surface area contributed by atoms with Crippen molar-refractivity contribution in [1.82, 2.24) is 5.32 Å². The maximum Gasteiger partial charge on any atom is 0.0957 e. The summed E-state index contributed by atoms with van der Waals surface area (Å²) < 4.78 is 0. The normalized spacial score (nSPS) is 28.7. The van der Waals surface area contributed by atoms with Crippen LogP contribution in [0.3, 0.4) is 0 Å². The van der Waals surface area contributed by atoms with Gasteiger partial charge >= 0.3 is 0 Å². The van der Waals surface area contributed by atoms with Crippen LogP contribution in [0.25, 0.3) is 0 Å². The van der Waals surface area contributed by atoms with E-state index in [4.69, 9.17) is 5.26 Å². The van der Waals surface area contributed by atoms with Gasteiger partial charge in [-0.3, -0.25) is 5.32 Å². The average molecular weight is 161 g/mol. The van der Waals surface area contributed by atoms with Gasteiger partial charge in [-0.1, -0.05) is 0 Å².